The van der Waals surface area contributed by atoms with Gasteiger partial charge in [-0.1, -0.05) is 41.0 Å². The Labute approximate surface area is 213 Å². The Bertz CT molecular complexity index is 1110. The zero-order chi connectivity index (χ0) is 26.5. The van der Waals surface area contributed by atoms with Gasteiger partial charge >= 0.3 is 11.9 Å². The lowest BCUT2D eigenvalue weighted by Gasteiger charge is -2.52. The number of Topliss-reactive ketones (excluding diaryl/α,β-unsaturated/α-hetero) is 2. The lowest BCUT2D eigenvalue weighted by molar-refractivity contribution is -0.145. The van der Waals surface area contributed by atoms with E-state index in [0.717, 1.165) is 43.4 Å². The third-order valence-electron chi connectivity index (χ3n) is 9.61. The van der Waals surface area contributed by atoms with Gasteiger partial charge in [-0.25, -0.2) is 0 Å². The van der Waals surface area contributed by atoms with Crippen molar-refractivity contribution in [2.75, 3.05) is 0 Å². The van der Waals surface area contributed by atoms with Gasteiger partial charge in [0.15, 0.2) is 0 Å². The number of carbonyl (C=O) groups excluding carboxylic acids is 2. The van der Waals surface area contributed by atoms with Crippen LogP contribution in [-0.2, 0) is 21.2 Å². The quantitative estimate of drug-likeness (QED) is 0.380. The molecule has 4 rings (SSSR count). The van der Waals surface area contributed by atoms with Crippen molar-refractivity contribution in [2.24, 2.45) is 28.6 Å². The molecule has 5 atom stereocenters. The fourth-order valence-electron chi connectivity index (χ4n) is 7.43. The van der Waals surface area contributed by atoms with Crippen molar-refractivity contribution >= 4 is 17.3 Å². The van der Waals surface area contributed by atoms with Crippen LogP contribution in [-0.4, -0.2) is 11.6 Å². The number of hydrogen-bond acceptors (Lipinski definition) is 2. The lowest BCUT2D eigenvalue weighted by atomic mass is 9.51. The largest absolute Gasteiger partial charge is 0.416 e. The maximum atomic E-state index is 13.4. The fraction of sp³-hybridized carbons (Fsp3) is 0.700. The summed E-state index contributed by atoms with van der Waals surface area (Å²) in [6, 6.07) is 6.96. The topological polar surface area (TPSA) is 38.5 Å². The Balaban J connectivity index is 1.69. The molecule has 3 saturated carbocycles. The molecule has 196 valence electrons. The van der Waals surface area contributed by atoms with E-state index in [-0.39, 0.29) is 40.7 Å². The summed E-state index contributed by atoms with van der Waals surface area (Å²) < 4.78 is 40.3. The van der Waals surface area contributed by atoms with Gasteiger partial charge in [0.2, 0.25) is 0 Å². The van der Waals surface area contributed by atoms with Gasteiger partial charge in [0.1, 0.15) is 11.6 Å². The lowest BCUT2D eigenvalue weighted by Crippen LogP contribution is -2.49. The highest BCUT2D eigenvalue weighted by Crippen LogP contribution is 2.61. The number of fused-ring (bicyclic) bond motifs is 1. The minimum Gasteiger partial charge on any atom is -0.299 e. The first-order valence-electron chi connectivity index (χ1n) is 13.4. The summed E-state index contributed by atoms with van der Waals surface area (Å²) in [6.07, 6.45) is 2.59. The van der Waals surface area contributed by atoms with Gasteiger partial charge in [0.25, 0.3) is 6.07 Å². The molecule has 0 amide bonds. The molecule has 0 spiro atoms. The number of carbonyl (C=O) groups is 2. The molecule has 0 radical (unpaired) electrons. The summed E-state index contributed by atoms with van der Waals surface area (Å²) in [4.78, 5) is 29.6. The summed E-state index contributed by atoms with van der Waals surface area (Å²) in [5.74, 6) is 0.842. The van der Waals surface area contributed by atoms with E-state index in [1.54, 1.807) is 0 Å². The maximum absolute atomic E-state index is 13.4. The van der Waals surface area contributed by atoms with E-state index in [1.807, 2.05) is 27.7 Å². The number of halogens is 3. The number of nitrogens with zero attached hydrogens (tertiary/aromatic N) is 1. The molecule has 1 aromatic rings. The van der Waals surface area contributed by atoms with E-state index >= 15 is 0 Å². The average molecular weight is 503 g/mol. The van der Waals surface area contributed by atoms with Crippen LogP contribution in [0.2, 0.25) is 0 Å². The van der Waals surface area contributed by atoms with Crippen molar-refractivity contribution in [3.8, 4) is 6.07 Å². The Morgan fingerprint density at radius 3 is 2.39 bits per heavy atom. The second kappa shape index (κ2) is 9.30. The van der Waals surface area contributed by atoms with Crippen molar-refractivity contribution in [2.45, 2.75) is 104 Å². The molecule has 0 heterocycles. The van der Waals surface area contributed by atoms with E-state index in [0.29, 0.717) is 30.9 Å². The van der Waals surface area contributed by atoms with E-state index in [4.69, 9.17) is 0 Å². The Kier molecular flexibility index (Phi) is 6.94. The van der Waals surface area contributed by atoms with Crippen LogP contribution in [0.3, 0.4) is 0 Å². The van der Waals surface area contributed by atoms with E-state index in [1.165, 1.54) is 12.5 Å². The molecule has 1 aromatic carbocycles. The molecule has 0 saturated heterocycles. The predicted molar refractivity (Wildman–Crippen MR) is 135 cm³/mol. The van der Waals surface area contributed by atoms with Gasteiger partial charge < -0.3 is 0 Å². The Morgan fingerprint density at radius 2 is 1.75 bits per heavy atom. The molecule has 0 aromatic heterocycles. The van der Waals surface area contributed by atoms with E-state index in [2.05, 4.69) is 17.8 Å². The Hall–Kier alpha value is -2.16. The zero-order valence-corrected chi connectivity index (χ0v) is 22.2. The summed E-state index contributed by atoms with van der Waals surface area (Å²) in [6.45, 7) is 10.3. The van der Waals surface area contributed by atoms with Crippen molar-refractivity contribution in [1.82, 2.24) is 0 Å². The second-order valence-corrected chi connectivity index (χ2v) is 13.0. The highest BCUT2D eigenvalue weighted by Gasteiger charge is 2.56. The van der Waals surface area contributed by atoms with Crippen molar-refractivity contribution in [3.05, 3.63) is 34.2 Å². The van der Waals surface area contributed by atoms with Crippen molar-refractivity contribution < 1.29 is 22.8 Å². The van der Waals surface area contributed by atoms with Crippen molar-refractivity contribution in [1.29, 1.82) is 0 Å². The fourth-order valence-corrected chi connectivity index (χ4v) is 7.43. The molecular formula is C30H39F3NO2+. The number of benzene rings is 1. The number of rotatable bonds is 2. The summed E-state index contributed by atoms with van der Waals surface area (Å²) >= 11 is 0. The summed E-state index contributed by atoms with van der Waals surface area (Å²) in [5.41, 5.74) is -0.321. The first-order valence-corrected chi connectivity index (χ1v) is 13.4. The SMILES string of the molecule is CC(C)(C)c1ccc(C(F)(F)F)cc1[N+]#CCC1C([C@@]2(C)CCC(=O)CC2=O)CC[C@]2(C)CCC[C@@H]12. The van der Waals surface area contributed by atoms with Gasteiger partial charge in [-0.05, 0) is 77.7 Å². The van der Waals surface area contributed by atoms with Crippen LogP contribution >= 0.6 is 0 Å². The molecule has 3 aliphatic rings. The van der Waals surface area contributed by atoms with Crippen LogP contribution in [0.1, 0.15) is 104 Å². The first-order chi connectivity index (χ1) is 16.6. The van der Waals surface area contributed by atoms with Gasteiger partial charge in [-0.15, -0.1) is 0 Å². The molecule has 6 heteroatoms. The minimum atomic E-state index is -4.44. The smallest absolute Gasteiger partial charge is 0.299 e. The minimum absolute atomic E-state index is 0.0264. The third kappa shape index (κ3) is 5.00. The van der Waals surface area contributed by atoms with Gasteiger partial charge in [-0.2, -0.15) is 13.2 Å². The van der Waals surface area contributed by atoms with Crippen LogP contribution < -0.4 is 0 Å². The van der Waals surface area contributed by atoms with Crippen LogP contribution in [0.15, 0.2) is 18.2 Å². The maximum Gasteiger partial charge on any atom is 0.416 e. The summed E-state index contributed by atoms with van der Waals surface area (Å²) in [5, 5.41) is 0. The molecular weight excluding hydrogens is 463 g/mol. The molecule has 3 aliphatic carbocycles. The highest BCUT2D eigenvalue weighted by atomic mass is 19.4. The molecule has 3 fully saturated rings. The highest BCUT2D eigenvalue weighted by molar-refractivity contribution is 6.04. The van der Waals surface area contributed by atoms with E-state index < -0.39 is 17.2 Å². The number of hydrogen-bond donors (Lipinski definition) is 0. The van der Waals surface area contributed by atoms with Gasteiger partial charge in [0.05, 0.1) is 18.4 Å². The zero-order valence-electron chi connectivity index (χ0n) is 22.2. The van der Waals surface area contributed by atoms with Crippen LogP contribution in [0, 0.1) is 34.7 Å². The molecule has 0 N–H and O–H groups in total. The normalized spacial score (nSPS) is 33.2. The van der Waals surface area contributed by atoms with Gasteiger partial charge in [-0.3, -0.25) is 9.59 Å². The third-order valence-corrected chi connectivity index (χ3v) is 9.61. The average Bonchev–Trinajstić information content (AvgIpc) is 3.17. The predicted octanol–water partition coefficient (Wildman–Crippen LogP) is 8.52. The number of ketones is 2. The van der Waals surface area contributed by atoms with Gasteiger partial charge in [0, 0.05) is 23.5 Å². The van der Waals surface area contributed by atoms with Crippen LogP contribution in [0.4, 0.5) is 18.9 Å². The number of alkyl halides is 3. The van der Waals surface area contributed by atoms with Crippen molar-refractivity contribution in [3.63, 3.8) is 0 Å². The van der Waals surface area contributed by atoms with Crippen LogP contribution in [0.5, 0.6) is 0 Å². The van der Waals surface area contributed by atoms with E-state index in [9.17, 15) is 22.8 Å². The standard InChI is InChI=1S/C30H39F3NO2/c1-27(2,3)24-9-8-19(30(31,32)33)17-25(24)34-16-12-21-22-7-6-13-28(22,4)14-11-23(21)29(5)15-10-20(35)18-26(29)36/h8-9,17,21-23H,6-7,10-15,18H2,1-5H3/q+1/t21?,22-,23?,28-,29+/m0/s1. The first kappa shape index (κ1) is 26.9. The molecule has 2 unspecified atom stereocenters. The summed E-state index contributed by atoms with van der Waals surface area (Å²) in [7, 11) is 0. The Morgan fingerprint density at radius 1 is 1.03 bits per heavy atom. The second-order valence-electron chi connectivity index (χ2n) is 13.0. The molecule has 3 nitrogen and oxygen atoms in total. The van der Waals surface area contributed by atoms with Crippen LogP contribution in [0.25, 0.3) is 4.85 Å². The molecule has 36 heavy (non-hydrogen) atoms. The molecule has 0 bridgehead atoms. The molecule has 0 aliphatic heterocycles. The monoisotopic (exact) mass is 502 g/mol.